The number of imidazole rings is 1. The highest BCUT2D eigenvalue weighted by Gasteiger charge is 2.21. The van der Waals surface area contributed by atoms with Crippen LogP contribution >= 0.6 is 0 Å². The molecule has 3 heterocycles. The molecule has 1 aromatic carbocycles. The summed E-state index contributed by atoms with van der Waals surface area (Å²) in [7, 11) is 0. The zero-order chi connectivity index (χ0) is 24.2. The van der Waals surface area contributed by atoms with Gasteiger partial charge in [0.2, 0.25) is 5.95 Å². The van der Waals surface area contributed by atoms with Crippen molar-refractivity contribution in [2.24, 2.45) is 0 Å². The zero-order valence-corrected chi connectivity index (χ0v) is 20.8. The van der Waals surface area contributed by atoms with Crippen LogP contribution < -0.4 is 5.32 Å². The number of carbonyl (C=O) groups excluding carboxylic acids is 1. The normalized spacial score (nSPS) is 15.1. The topological polar surface area (TPSA) is 79.2 Å². The number of nitrogens with one attached hydrogen (secondary N) is 1. The van der Waals surface area contributed by atoms with Crippen LogP contribution in [0.3, 0.4) is 0 Å². The molecule has 0 spiro atoms. The summed E-state index contributed by atoms with van der Waals surface area (Å²) in [6.07, 6.45) is 4.60. The van der Waals surface area contributed by atoms with E-state index in [4.69, 9.17) is 4.98 Å². The molecule has 1 saturated heterocycles. The van der Waals surface area contributed by atoms with E-state index in [1.165, 1.54) is 0 Å². The van der Waals surface area contributed by atoms with Crippen LogP contribution in [0, 0.1) is 6.92 Å². The van der Waals surface area contributed by atoms with Gasteiger partial charge in [0.1, 0.15) is 5.82 Å². The molecule has 34 heavy (non-hydrogen) atoms. The molecule has 0 aliphatic carbocycles. The van der Waals surface area contributed by atoms with Crippen molar-refractivity contribution < 1.29 is 4.79 Å². The molecular formula is C26H35N7O. The van der Waals surface area contributed by atoms with Gasteiger partial charge < -0.3 is 14.8 Å². The molecular weight excluding hydrogens is 426 g/mol. The second-order valence-corrected chi connectivity index (χ2v) is 9.40. The van der Waals surface area contributed by atoms with Crippen molar-refractivity contribution in [3.8, 4) is 11.4 Å². The van der Waals surface area contributed by atoms with Crippen LogP contribution in [-0.2, 0) is 0 Å². The lowest BCUT2D eigenvalue weighted by atomic mass is 10.1. The molecule has 0 atom stereocenters. The van der Waals surface area contributed by atoms with E-state index < -0.39 is 0 Å². The van der Waals surface area contributed by atoms with Gasteiger partial charge in [-0.3, -0.25) is 9.69 Å². The number of hydrogen-bond acceptors (Lipinski definition) is 6. The highest BCUT2D eigenvalue weighted by atomic mass is 16.2. The largest absolute Gasteiger partial charge is 0.337 e. The van der Waals surface area contributed by atoms with Crippen molar-refractivity contribution in [1.82, 2.24) is 29.3 Å². The first-order valence-electron chi connectivity index (χ1n) is 12.1. The monoisotopic (exact) mass is 461 g/mol. The van der Waals surface area contributed by atoms with E-state index in [1.54, 1.807) is 6.20 Å². The van der Waals surface area contributed by atoms with Crippen LogP contribution in [0.4, 0.5) is 11.6 Å². The number of benzene rings is 1. The first-order valence-corrected chi connectivity index (χ1v) is 12.1. The average Bonchev–Trinajstić information content (AvgIpc) is 3.04. The summed E-state index contributed by atoms with van der Waals surface area (Å²) < 4.78 is 2.16. The van der Waals surface area contributed by atoms with Gasteiger partial charge in [-0.15, -0.1) is 0 Å². The summed E-state index contributed by atoms with van der Waals surface area (Å²) in [5.74, 6) is 1.56. The molecule has 1 aliphatic heterocycles. The van der Waals surface area contributed by atoms with Gasteiger partial charge in [-0.2, -0.15) is 0 Å². The van der Waals surface area contributed by atoms with E-state index in [1.807, 2.05) is 48.4 Å². The van der Waals surface area contributed by atoms with Crippen LogP contribution in [0.5, 0.6) is 0 Å². The Morgan fingerprint density at radius 1 is 0.941 bits per heavy atom. The number of aromatic nitrogens is 4. The number of carbonyl (C=O) groups is 1. The first kappa shape index (κ1) is 23.9. The van der Waals surface area contributed by atoms with Gasteiger partial charge in [-0.25, -0.2) is 15.0 Å². The predicted octanol–water partition coefficient (Wildman–Crippen LogP) is 4.53. The van der Waals surface area contributed by atoms with Crippen LogP contribution in [0.15, 0.2) is 42.7 Å². The van der Waals surface area contributed by atoms with E-state index in [0.29, 0.717) is 17.6 Å². The minimum absolute atomic E-state index is 0.0905. The Labute approximate surface area is 202 Å². The first-order chi connectivity index (χ1) is 16.3. The molecule has 4 rings (SSSR count). The minimum Gasteiger partial charge on any atom is -0.337 e. The lowest BCUT2D eigenvalue weighted by molar-refractivity contribution is 0.0759. The van der Waals surface area contributed by atoms with Gasteiger partial charge in [0.25, 0.3) is 5.91 Å². The lowest BCUT2D eigenvalue weighted by Crippen LogP contribution is -2.37. The molecule has 1 aliphatic rings. The Hall–Kier alpha value is -3.26. The molecule has 8 heteroatoms. The summed E-state index contributed by atoms with van der Waals surface area (Å²) >= 11 is 0. The van der Waals surface area contributed by atoms with Gasteiger partial charge in [-0.05, 0) is 71.4 Å². The van der Waals surface area contributed by atoms with Crippen molar-refractivity contribution in [2.45, 2.75) is 53.1 Å². The van der Waals surface area contributed by atoms with E-state index in [2.05, 4.69) is 52.4 Å². The highest BCUT2D eigenvalue weighted by Crippen LogP contribution is 2.24. The maximum absolute atomic E-state index is 13.0. The Kier molecular flexibility index (Phi) is 7.26. The van der Waals surface area contributed by atoms with Gasteiger partial charge in [0.05, 0.1) is 17.6 Å². The number of anilines is 2. The van der Waals surface area contributed by atoms with Crippen LogP contribution in [0.1, 0.15) is 56.3 Å². The predicted molar refractivity (Wildman–Crippen MR) is 135 cm³/mol. The van der Waals surface area contributed by atoms with Crippen molar-refractivity contribution in [1.29, 1.82) is 0 Å². The van der Waals surface area contributed by atoms with Crippen molar-refractivity contribution in [3.63, 3.8) is 0 Å². The minimum atomic E-state index is 0.0905. The quantitative estimate of drug-likeness (QED) is 0.581. The summed E-state index contributed by atoms with van der Waals surface area (Å²) in [5, 5.41) is 3.26. The SMILES string of the molecule is Cc1ncc(-c2ccnc(Nc3ccc(C(=O)N4CCCN(C(C)C)CC4)cc3)n2)n1C(C)C. The molecule has 3 aromatic rings. The third kappa shape index (κ3) is 5.28. The van der Waals surface area contributed by atoms with E-state index in [0.717, 1.165) is 55.5 Å². The van der Waals surface area contributed by atoms with E-state index >= 15 is 0 Å². The maximum atomic E-state index is 13.0. The fourth-order valence-corrected chi connectivity index (χ4v) is 4.52. The van der Waals surface area contributed by atoms with Gasteiger partial charge in [-0.1, -0.05) is 0 Å². The van der Waals surface area contributed by atoms with Crippen molar-refractivity contribution in [3.05, 3.63) is 54.1 Å². The number of nitrogens with zero attached hydrogens (tertiary/aromatic N) is 6. The highest BCUT2D eigenvalue weighted by molar-refractivity contribution is 5.94. The third-order valence-electron chi connectivity index (χ3n) is 6.35. The molecule has 1 N–H and O–H groups in total. The van der Waals surface area contributed by atoms with Crippen LogP contribution in [-0.4, -0.2) is 67.4 Å². The molecule has 8 nitrogen and oxygen atoms in total. The fourth-order valence-electron chi connectivity index (χ4n) is 4.52. The fraction of sp³-hybridized carbons (Fsp3) is 0.462. The second-order valence-electron chi connectivity index (χ2n) is 9.40. The van der Waals surface area contributed by atoms with Gasteiger partial charge in [0.15, 0.2) is 0 Å². The molecule has 2 aromatic heterocycles. The molecule has 1 fully saturated rings. The van der Waals surface area contributed by atoms with Crippen molar-refractivity contribution in [2.75, 3.05) is 31.5 Å². The van der Waals surface area contributed by atoms with Crippen LogP contribution in [0.2, 0.25) is 0 Å². The Morgan fingerprint density at radius 3 is 2.41 bits per heavy atom. The van der Waals surface area contributed by atoms with E-state index in [9.17, 15) is 4.79 Å². The molecule has 1 amide bonds. The Morgan fingerprint density at radius 2 is 1.71 bits per heavy atom. The molecule has 0 unspecified atom stereocenters. The average molecular weight is 462 g/mol. The summed E-state index contributed by atoms with van der Waals surface area (Å²) in [6.45, 7) is 14.2. The summed E-state index contributed by atoms with van der Waals surface area (Å²) in [5.41, 5.74) is 3.32. The standard InChI is InChI=1S/C26H35N7O/c1-18(2)31-13-6-14-32(16-15-31)25(34)21-7-9-22(10-8-21)29-26-27-12-11-23(30-26)24-17-28-20(5)33(24)19(3)4/h7-12,17-19H,6,13-16H2,1-5H3,(H,27,29,30). The lowest BCUT2D eigenvalue weighted by Gasteiger charge is -2.25. The molecule has 0 saturated carbocycles. The zero-order valence-electron chi connectivity index (χ0n) is 20.8. The summed E-state index contributed by atoms with van der Waals surface area (Å²) in [4.78, 5) is 31.0. The van der Waals surface area contributed by atoms with Gasteiger partial charge >= 0.3 is 0 Å². The second kappa shape index (κ2) is 10.3. The Balaban J connectivity index is 1.44. The van der Waals surface area contributed by atoms with Crippen molar-refractivity contribution >= 4 is 17.5 Å². The molecule has 180 valence electrons. The smallest absolute Gasteiger partial charge is 0.253 e. The number of hydrogen-bond donors (Lipinski definition) is 1. The number of rotatable bonds is 6. The number of amides is 1. The summed E-state index contributed by atoms with van der Waals surface area (Å²) in [6, 6.07) is 10.2. The molecule has 0 radical (unpaired) electrons. The maximum Gasteiger partial charge on any atom is 0.253 e. The van der Waals surface area contributed by atoms with Gasteiger partial charge in [0, 0.05) is 55.7 Å². The van der Waals surface area contributed by atoms with E-state index in [-0.39, 0.29) is 11.9 Å². The molecule has 0 bridgehead atoms. The number of aryl methyl sites for hydroxylation is 1. The third-order valence-corrected chi connectivity index (χ3v) is 6.35. The van der Waals surface area contributed by atoms with Crippen LogP contribution in [0.25, 0.3) is 11.4 Å². The Bertz CT molecular complexity index is 1120.